The zero-order valence-corrected chi connectivity index (χ0v) is 11.0. The Morgan fingerprint density at radius 1 is 1.38 bits per heavy atom. The highest BCUT2D eigenvalue weighted by Gasteiger charge is 2.18. The largest absolute Gasteiger partial charge is 0.480 e. The molecule has 0 spiro atoms. The number of hydrogen-bond acceptors (Lipinski definition) is 7. The fourth-order valence-corrected chi connectivity index (χ4v) is 1.73. The van der Waals surface area contributed by atoms with Crippen LogP contribution in [0.2, 0.25) is 0 Å². The van der Waals surface area contributed by atoms with Crippen LogP contribution in [0.4, 0.5) is 27.8 Å². The Morgan fingerprint density at radius 3 is 3.05 bits per heavy atom. The summed E-state index contributed by atoms with van der Waals surface area (Å²) >= 11 is 0. The standard InChI is InChI=1S/C12H11FN6O2/c1-14-12-15-4-6(13)10(19-12)16-8-3-2-7-11(17-8)18-9(20)5-21-7/h2-4H,5H2,1H3,(H3,14,15,16,17,18,19,20). The molecule has 0 fully saturated rings. The lowest BCUT2D eigenvalue weighted by Gasteiger charge is -2.17. The number of nitrogens with one attached hydrogen (secondary N) is 3. The molecule has 0 atom stereocenters. The van der Waals surface area contributed by atoms with Crippen molar-refractivity contribution in [2.24, 2.45) is 0 Å². The lowest BCUT2D eigenvalue weighted by molar-refractivity contribution is -0.118. The Morgan fingerprint density at radius 2 is 2.24 bits per heavy atom. The molecule has 0 bridgehead atoms. The lowest BCUT2D eigenvalue weighted by Crippen LogP contribution is -2.26. The molecule has 2 aromatic heterocycles. The Bertz CT molecular complexity index is 708. The number of fused-ring (bicyclic) bond motifs is 1. The second-order valence-electron chi connectivity index (χ2n) is 4.15. The third-order valence-electron chi connectivity index (χ3n) is 2.69. The maximum absolute atomic E-state index is 13.7. The van der Waals surface area contributed by atoms with Gasteiger partial charge in [-0.3, -0.25) is 4.79 Å². The van der Waals surface area contributed by atoms with E-state index < -0.39 is 5.82 Å². The first-order valence-electron chi connectivity index (χ1n) is 6.07. The van der Waals surface area contributed by atoms with E-state index in [9.17, 15) is 9.18 Å². The van der Waals surface area contributed by atoms with Gasteiger partial charge in [0.2, 0.25) is 5.95 Å². The number of rotatable bonds is 3. The fourth-order valence-electron chi connectivity index (χ4n) is 1.73. The van der Waals surface area contributed by atoms with Crippen molar-refractivity contribution < 1.29 is 13.9 Å². The van der Waals surface area contributed by atoms with Crippen molar-refractivity contribution in [2.45, 2.75) is 0 Å². The molecule has 9 heteroatoms. The Hall–Kier alpha value is -2.97. The third-order valence-corrected chi connectivity index (χ3v) is 2.69. The highest BCUT2D eigenvalue weighted by atomic mass is 19.1. The van der Waals surface area contributed by atoms with Gasteiger partial charge in [0.05, 0.1) is 6.20 Å². The Kier molecular flexibility index (Phi) is 3.22. The van der Waals surface area contributed by atoms with E-state index in [0.717, 1.165) is 6.20 Å². The molecule has 3 N–H and O–H groups in total. The molecule has 108 valence electrons. The SMILES string of the molecule is CNc1ncc(F)c(Nc2ccc3c(n2)NC(=O)CO3)n1. The molecule has 2 aromatic rings. The highest BCUT2D eigenvalue weighted by Crippen LogP contribution is 2.28. The van der Waals surface area contributed by atoms with E-state index in [4.69, 9.17) is 4.74 Å². The van der Waals surface area contributed by atoms with Gasteiger partial charge in [0.25, 0.3) is 5.91 Å². The van der Waals surface area contributed by atoms with Crippen molar-refractivity contribution in [1.29, 1.82) is 0 Å². The van der Waals surface area contributed by atoms with Crippen LogP contribution in [0.15, 0.2) is 18.3 Å². The van der Waals surface area contributed by atoms with Crippen LogP contribution in [0.5, 0.6) is 5.75 Å². The van der Waals surface area contributed by atoms with Gasteiger partial charge in [0, 0.05) is 7.05 Å². The van der Waals surface area contributed by atoms with Crippen LogP contribution in [0.3, 0.4) is 0 Å². The van der Waals surface area contributed by atoms with Gasteiger partial charge in [-0.25, -0.2) is 14.4 Å². The molecule has 1 aliphatic heterocycles. The summed E-state index contributed by atoms with van der Waals surface area (Å²) < 4.78 is 18.8. The number of carbonyl (C=O) groups is 1. The van der Waals surface area contributed by atoms with Gasteiger partial charge in [-0.05, 0) is 12.1 Å². The van der Waals surface area contributed by atoms with Gasteiger partial charge in [0.1, 0.15) is 5.82 Å². The van der Waals surface area contributed by atoms with Crippen LogP contribution in [-0.2, 0) is 4.79 Å². The van der Waals surface area contributed by atoms with Crippen molar-refractivity contribution in [3.63, 3.8) is 0 Å². The van der Waals surface area contributed by atoms with Crippen LogP contribution < -0.4 is 20.7 Å². The van der Waals surface area contributed by atoms with Crippen molar-refractivity contribution in [2.75, 3.05) is 29.6 Å². The van der Waals surface area contributed by atoms with Crippen molar-refractivity contribution >= 4 is 29.3 Å². The Labute approximate surface area is 118 Å². The summed E-state index contributed by atoms with van der Waals surface area (Å²) in [6.07, 6.45) is 1.05. The van der Waals surface area contributed by atoms with Gasteiger partial charge in [0.15, 0.2) is 29.8 Å². The molecule has 1 amide bonds. The summed E-state index contributed by atoms with van der Waals surface area (Å²) in [5, 5.41) is 8.01. The molecule has 3 rings (SSSR count). The minimum absolute atomic E-state index is 0.0233. The van der Waals surface area contributed by atoms with E-state index in [2.05, 4.69) is 30.9 Å². The van der Waals surface area contributed by atoms with Gasteiger partial charge in [-0.1, -0.05) is 0 Å². The molecule has 0 saturated carbocycles. The number of halogens is 1. The van der Waals surface area contributed by atoms with Crippen LogP contribution in [0.25, 0.3) is 0 Å². The van der Waals surface area contributed by atoms with Crippen LogP contribution in [0, 0.1) is 5.82 Å². The molecule has 1 aliphatic rings. The quantitative estimate of drug-likeness (QED) is 0.778. The first-order chi connectivity index (χ1) is 10.2. The molecular weight excluding hydrogens is 279 g/mol. The molecule has 0 aromatic carbocycles. The number of anilines is 4. The number of pyridine rings is 1. The number of amides is 1. The normalized spacial score (nSPS) is 13.0. The molecular formula is C12H11FN6O2. The average Bonchev–Trinajstić information content (AvgIpc) is 2.49. The monoisotopic (exact) mass is 290 g/mol. The number of nitrogens with zero attached hydrogens (tertiary/aromatic N) is 3. The van der Waals surface area contributed by atoms with Crippen LogP contribution >= 0.6 is 0 Å². The maximum Gasteiger partial charge on any atom is 0.263 e. The van der Waals surface area contributed by atoms with E-state index in [1.807, 2.05) is 0 Å². The number of hydrogen-bond donors (Lipinski definition) is 3. The smallest absolute Gasteiger partial charge is 0.263 e. The zero-order valence-electron chi connectivity index (χ0n) is 11.0. The summed E-state index contributed by atoms with van der Waals surface area (Å²) in [6.45, 7) is -0.0481. The van der Waals surface area contributed by atoms with E-state index in [1.54, 1.807) is 19.2 Å². The zero-order chi connectivity index (χ0) is 14.8. The predicted octanol–water partition coefficient (Wildman–Crippen LogP) is 1.13. The van der Waals surface area contributed by atoms with Crippen LogP contribution in [0.1, 0.15) is 0 Å². The maximum atomic E-state index is 13.7. The molecule has 0 radical (unpaired) electrons. The summed E-state index contributed by atoms with van der Waals surface area (Å²) in [4.78, 5) is 23.1. The highest BCUT2D eigenvalue weighted by molar-refractivity contribution is 5.94. The summed E-state index contributed by atoms with van der Waals surface area (Å²) in [5.41, 5.74) is 0. The molecule has 8 nitrogen and oxygen atoms in total. The molecule has 3 heterocycles. The van der Waals surface area contributed by atoms with E-state index in [0.29, 0.717) is 11.6 Å². The molecule has 0 unspecified atom stereocenters. The van der Waals surface area contributed by atoms with Gasteiger partial charge in [-0.15, -0.1) is 0 Å². The number of ether oxygens (including phenoxy) is 1. The fraction of sp³-hybridized carbons (Fsp3) is 0.167. The summed E-state index contributed by atoms with van der Waals surface area (Å²) in [5.74, 6) is 0.392. The van der Waals surface area contributed by atoms with Crippen LogP contribution in [-0.4, -0.2) is 34.5 Å². The second-order valence-corrected chi connectivity index (χ2v) is 4.15. The second kappa shape index (κ2) is 5.19. The minimum atomic E-state index is -0.617. The number of carbonyl (C=O) groups excluding carboxylic acids is 1. The third kappa shape index (κ3) is 2.66. The average molecular weight is 290 g/mol. The molecule has 0 saturated heterocycles. The van der Waals surface area contributed by atoms with Crippen molar-refractivity contribution in [3.05, 3.63) is 24.1 Å². The van der Waals surface area contributed by atoms with E-state index in [-0.39, 0.29) is 30.1 Å². The van der Waals surface area contributed by atoms with Gasteiger partial charge < -0.3 is 20.7 Å². The van der Waals surface area contributed by atoms with E-state index in [1.165, 1.54) is 0 Å². The molecule has 21 heavy (non-hydrogen) atoms. The minimum Gasteiger partial charge on any atom is -0.480 e. The predicted molar refractivity (Wildman–Crippen MR) is 73.2 cm³/mol. The van der Waals surface area contributed by atoms with Gasteiger partial charge in [-0.2, -0.15) is 4.98 Å². The first-order valence-corrected chi connectivity index (χ1v) is 6.07. The topological polar surface area (TPSA) is 101 Å². The van der Waals surface area contributed by atoms with E-state index >= 15 is 0 Å². The summed E-state index contributed by atoms with van der Waals surface area (Å²) in [6, 6.07) is 3.22. The van der Waals surface area contributed by atoms with Crippen molar-refractivity contribution in [1.82, 2.24) is 15.0 Å². The molecule has 0 aliphatic carbocycles. The van der Waals surface area contributed by atoms with Crippen molar-refractivity contribution in [3.8, 4) is 5.75 Å². The Balaban J connectivity index is 1.88. The number of aromatic nitrogens is 3. The summed E-state index contributed by atoms with van der Waals surface area (Å²) in [7, 11) is 1.63. The lowest BCUT2D eigenvalue weighted by atomic mass is 10.3. The first kappa shape index (κ1) is 13.0. The van der Waals surface area contributed by atoms with Gasteiger partial charge >= 0.3 is 0 Å².